The molecule has 166 valence electrons. The molecule has 5 atom stereocenters. The average molecular weight is 451 g/mol. The van der Waals surface area contributed by atoms with Crippen LogP contribution in [0.3, 0.4) is 0 Å². The summed E-state index contributed by atoms with van der Waals surface area (Å²) in [7, 11) is 0. The molecule has 29 heavy (non-hydrogen) atoms. The van der Waals surface area contributed by atoms with E-state index in [2.05, 4.69) is 23.3 Å². The maximum absolute atomic E-state index is 12.7. The molecule has 1 rings (SSSR count). The zero-order valence-electron chi connectivity index (χ0n) is 16.5. The molecule has 0 aromatic rings. The lowest BCUT2D eigenvalue weighted by Crippen LogP contribution is -2.58. The number of thiol groups is 1. The molecular formula is C17H30N4O6S2. The first-order valence-corrected chi connectivity index (χ1v) is 11.3. The van der Waals surface area contributed by atoms with Gasteiger partial charge in [0.1, 0.15) is 24.2 Å². The molecule has 12 heteroatoms. The molecule has 0 aromatic carbocycles. The molecule has 10 nitrogen and oxygen atoms in total. The Morgan fingerprint density at radius 1 is 1.28 bits per heavy atom. The number of aliphatic hydroxyl groups excluding tert-OH is 1. The molecule has 3 amide bonds. The third-order valence-electron chi connectivity index (χ3n) is 4.68. The first-order chi connectivity index (χ1) is 13.6. The van der Waals surface area contributed by atoms with Crippen LogP contribution >= 0.6 is 24.4 Å². The minimum absolute atomic E-state index is 0.0414. The highest BCUT2D eigenvalue weighted by atomic mass is 32.2. The van der Waals surface area contributed by atoms with Gasteiger partial charge >= 0.3 is 5.97 Å². The number of amides is 3. The Kier molecular flexibility index (Phi) is 10.8. The highest BCUT2D eigenvalue weighted by Gasteiger charge is 2.38. The monoisotopic (exact) mass is 450 g/mol. The number of carbonyl (C=O) groups excluding carboxylic acids is 3. The first kappa shape index (κ1) is 25.5. The van der Waals surface area contributed by atoms with Crippen molar-refractivity contribution >= 4 is 48.1 Å². The number of nitrogens with one attached hydrogen (secondary N) is 2. The van der Waals surface area contributed by atoms with E-state index < -0.39 is 54.0 Å². The van der Waals surface area contributed by atoms with Crippen molar-refractivity contribution in [3.63, 3.8) is 0 Å². The zero-order chi connectivity index (χ0) is 22.1. The van der Waals surface area contributed by atoms with Crippen molar-refractivity contribution < 1.29 is 29.4 Å². The van der Waals surface area contributed by atoms with Gasteiger partial charge in [0.05, 0.1) is 6.10 Å². The van der Waals surface area contributed by atoms with E-state index in [4.69, 9.17) is 5.73 Å². The molecule has 1 aliphatic rings. The molecule has 0 bridgehead atoms. The standard InChI is InChI=1S/C17H30N4O6S2/c1-9(22)13(18)16(25)21-6-3-4-12(21)15(24)20-11(8-28)14(23)19-10(17(26)27)5-7-29-2/h9-13,22,28H,3-8,18H2,1-2H3,(H,19,23)(H,20,24)(H,26,27). The number of carboxylic acids is 1. The Labute approximate surface area is 179 Å². The molecule has 0 saturated carbocycles. The summed E-state index contributed by atoms with van der Waals surface area (Å²) in [4.78, 5) is 50.1. The van der Waals surface area contributed by atoms with E-state index in [1.54, 1.807) is 0 Å². The van der Waals surface area contributed by atoms with Crippen LogP contribution in [0.15, 0.2) is 0 Å². The number of carboxylic acid groups (broad SMARTS) is 1. The van der Waals surface area contributed by atoms with Crippen molar-refractivity contribution in [3.05, 3.63) is 0 Å². The van der Waals surface area contributed by atoms with E-state index in [1.165, 1.54) is 23.6 Å². The van der Waals surface area contributed by atoms with Gasteiger partial charge in [-0.15, -0.1) is 0 Å². The summed E-state index contributed by atoms with van der Waals surface area (Å²) in [6.45, 7) is 1.72. The topological polar surface area (TPSA) is 162 Å². The second kappa shape index (κ2) is 12.3. The highest BCUT2D eigenvalue weighted by Crippen LogP contribution is 2.19. The van der Waals surface area contributed by atoms with Crippen molar-refractivity contribution in [2.24, 2.45) is 5.73 Å². The fourth-order valence-corrected chi connectivity index (χ4v) is 3.66. The molecule has 5 unspecified atom stereocenters. The maximum atomic E-state index is 12.7. The molecule has 1 aliphatic heterocycles. The second-order valence-corrected chi connectivity index (χ2v) is 8.23. The van der Waals surface area contributed by atoms with Gasteiger partial charge in [0.15, 0.2) is 0 Å². The Hall–Kier alpha value is -1.50. The van der Waals surface area contributed by atoms with Crippen LogP contribution in [-0.2, 0) is 19.2 Å². The van der Waals surface area contributed by atoms with Gasteiger partial charge in [-0.25, -0.2) is 4.79 Å². The van der Waals surface area contributed by atoms with Crippen LogP contribution in [0.1, 0.15) is 26.2 Å². The van der Waals surface area contributed by atoms with Gasteiger partial charge in [0.25, 0.3) is 0 Å². The largest absolute Gasteiger partial charge is 0.480 e. The Bertz CT molecular complexity index is 606. The number of likely N-dealkylation sites (tertiary alicyclic amines) is 1. The lowest BCUT2D eigenvalue weighted by atomic mass is 10.1. The normalized spacial score (nSPS) is 20.4. The quantitative estimate of drug-likeness (QED) is 0.206. The fourth-order valence-electron chi connectivity index (χ4n) is 2.93. The van der Waals surface area contributed by atoms with Gasteiger partial charge in [0.2, 0.25) is 17.7 Å². The van der Waals surface area contributed by atoms with Crippen molar-refractivity contribution in [2.75, 3.05) is 24.3 Å². The van der Waals surface area contributed by atoms with Crippen LogP contribution in [0.5, 0.6) is 0 Å². The Balaban J connectivity index is 2.77. The van der Waals surface area contributed by atoms with Gasteiger partial charge in [-0.1, -0.05) is 0 Å². The van der Waals surface area contributed by atoms with Gasteiger partial charge in [-0.3, -0.25) is 14.4 Å². The maximum Gasteiger partial charge on any atom is 0.326 e. The lowest BCUT2D eigenvalue weighted by Gasteiger charge is -2.29. The minimum Gasteiger partial charge on any atom is -0.480 e. The molecule has 0 aliphatic carbocycles. The summed E-state index contributed by atoms with van der Waals surface area (Å²) >= 11 is 5.54. The predicted octanol–water partition coefficient (Wildman–Crippen LogP) is -1.58. The third kappa shape index (κ3) is 7.36. The van der Waals surface area contributed by atoms with Gasteiger partial charge < -0.3 is 31.5 Å². The van der Waals surface area contributed by atoms with E-state index in [9.17, 15) is 29.4 Å². The SMILES string of the molecule is CSCCC(NC(=O)C(CS)NC(=O)C1CCCN1C(=O)C(N)C(C)O)C(=O)O. The zero-order valence-corrected chi connectivity index (χ0v) is 18.2. The summed E-state index contributed by atoms with van der Waals surface area (Å²) < 4.78 is 0. The van der Waals surface area contributed by atoms with Gasteiger partial charge in [0, 0.05) is 12.3 Å². The molecule has 1 saturated heterocycles. The first-order valence-electron chi connectivity index (χ1n) is 9.31. The van der Waals surface area contributed by atoms with E-state index in [1.807, 2.05) is 6.26 Å². The number of nitrogens with zero attached hydrogens (tertiary/aromatic N) is 1. The van der Waals surface area contributed by atoms with Crippen molar-refractivity contribution in [2.45, 2.75) is 56.5 Å². The number of thioether (sulfide) groups is 1. The summed E-state index contributed by atoms with van der Waals surface area (Å²) in [5, 5.41) is 23.7. The number of rotatable bonds is 11. The number of hydrogen-bond acceptors (Lipinski definition) is 8. The Morgan fingerprint density at radius 2 is 1.93 bits per heavy atom. The summed E-state index contributed by atoms with van der Waals surface area (Å²) in [5.41, 5.74) is 5.69. The van der Waals surface area contributed by atoms with Crippen LogP contribution in [0.4, 0.5) is 0 Å². The van der Waals surface area contributed by atoms with E-state index in [-0.39, 0.29) is 12.2 Å². The molecule has 0 aromatic heterocycles. The van der Waals surface area contributed by atoms with Crippen molar-refractivity contribution in [1.29, 1.82) is 0 Å². The van der Waals surface area contributed by atoms with Crippen molar-refractivity contribution in [1.82, 2.24) is 15.5 Å². The van der Waals surface area contributed by atoms with Gasteiger partial charge in [-0.05, 0) is 38.2 Å². The van der Waals surface area contributed by atoms with E-state index in [0.29, 0.717) is 25.1 Å². The smallest absolute Gasteiger partial charge is 0.326 e. The lowest BCUT2D eigenvalue weighted by molar-refractivity contribution is -0.143. The third-order valence-corrected chi connectivity index (χ3v) is 5.69. The number of aliphatic carboxylic acids is 1. The van der Waals surface area contributed by atoms with Crippen LogP contribution in [0.2, 0.25) is 0 Å². The highest BCUT2D eigenvalue weighted by molar-refractivity contribution is 7.98. The molecule has 6 N–H and O–H groups in total. The van der Waals surface area contributed by atoms with Gasteiger partial charge in [-0.2, -0.15) is 24.4 Å². The Morgan fingerprint density at radius 3 is 2.45 bits per heavy atom. The fraction of sp³-hybridized carbons (Fsp3) is 0.765. The molecule has 0 spiro atoms. The second-order valence-electron chi connectivity index (χ2n) is 6.88. The number of hydrogen-bond donors (Lipinski definition) is 6. The molecule has 0 radical (unpaired) electrons. The number of nitrogens with two attached hydrogens (primary N) is 1. The summed E-state index contributed by atoms with van der Waals surface area (Å²) in [6.07, 6.45) is 2.00. The number of carbonyl (C=O) groups is 4. The van der Waals surface area contributed by atoms with Crippen LogP contribution in [0, 0.1) is 0 Å². The number of aliphatic hydroxyl groups is 1. The van der Waals surface area contributed by atoms with Crippen LogP contribution in [0.25, 0.3) is 0 Å². The van der Waals surface area contributed by atoms with Crippen molar-refractivity contribution in [3.8, 4) is 0 Å². The van der Waals surface area contributed by atoms with Crippen LogP contribution in [-0.4, -0.2) is 93.4 Å². The molecule has 1 heterocycles. The minimum atomic E-state index is -1.16. The molecular weight excluding hydrogens is 420 g/mol. The summed E-state index contributed by atoms with van der Waals surface area (Å²) in [6, 6.07) is -4.07. The van der Waals surface area contributed by atoms with E-state index >= 15 is 0 Å². The molecule has 1 fully saturated rings. The predicted molar refractivity (Wildman–Crippen MR) is 113 cm³/mol. The van der Waals surface area contributed by atoms with Crippen LogP contribution < -0.4 is 16.4 Å². The average Bonchev–Trinajstić information content (AvgIpc) is 3.17. The summed E-state index contributed by atoms with van der Waals surface area (Å²) in [5.74, 6) is -2.38. The van der Waals surface area contributed by atoms with E-state index in [0.717, 1.165) is 0 Å².